The van der Waals surface area contributed by atoms with E-state index in [-0.39, 0.29) is 31.4 Å². The monoisotopic (exact) mass is 288 g/mol. The summed E-state index contributed by atoms with van der Waals surface area (Å²) in [5.41, 5.74) is 4.12. The lowest BCUT2D eigenvalue weighted by Gasteiger charge is -2.04. The van der Waals surface area contributed by atoms with Crippen molar-refractivity contribution in [2.24, 2.45) is 5.84 Å². The Hall–Kier alpha value is -0.000000000000000111. The number of hydrogen-bond donors (Lipinski definition) is 3. The van der Waals surface area contributed by atoms with E-state index >= 15 is 0 Å². The fourth-order valence-corrected chi connectivity index (χ4v) is 1.14. The Labute approximate surface area is 97.6 Å². The van der Waals surface area contributed by atoms with Crippen LogP contribution in [0.2, 0.25) is 0 Å². The molecule has 13 heavy (non-hydrogen) atoms. The van der Waals surface area contributed by atoms with Gasteiger partial charge in [0.25, 0.3) is 0 Å². The Bertz CT molecular complexity index is 260. The quantitative estimate of drug-likeness (QED) is 0.577. The van der Waals surface area contributed by atoms with Gasteiger partial charge in [-0.05, 0) is 33.6 Å². The van der Waals surface area contributed by atoms with Gasteiger partial charge in [0.2, 0.25) is 0 Å². The van der Waals surface area contributed by atoms with E-state index in [2.05, 4.69) is 21.4 Å². The zero-order chi connectivity index (χ0) is 8.27. The van der Waals surface area contributed by atoms with E-state index < -0.39 is 0 Å². The molecule has 0 bridgehead atoms. The van der Waals surface area contributed by atoms with Gasteiger partial charge in [-0.1, -0.05) is 6.07 Å². The number of rotatable bonds is 2. The van der Waals surface area contributed by atoms with Crippen molar-refractivity contribution >= 4 is 46.4 Å². The van der Waals surface area contributed by atoms with E-state index in [4.69, 9.17) is 10.9 Å². The smallest absolute Gasteiger partial charge is 0.0682 e. The molecule has 0 spiro atoms. The van der Waals surface area contributed by atoms with E-state index in [9.17, 15) is 0 Å². The number of benzene rings is 1. The van der Waals surface area contributed by atoms with Crippen LogP contribution in [0, 0.1) is 0 Å². The molecule has 0 radical (unpaired) electrons. The van der Waals surface area contributed by atoms with E-state index in [0.717, 1.165) is 15.7 Å². The molecule has 0 saturated carbocycles. The lowest BCUT2D eigenvalue weighted by molar-refractivity contribution is 0.282. The molecule has 1 aromatic carbocycles. The Kier molecular flexibility index (Phi) is 8.82. The van der Waals surface area contributed by atoms with Crippen LogP contribution in [-0.4, -0.2) is 5.11 Å². The topological polar surface area (TPSA) is 58.3 Å². The number of nitrogen functional groups attached to an aromatic ring is 1. The second-order valence-electron chi connectivity index (χ2n) is 2.12. The summed E-state index contributed by atoms with van der Waals surface area (Å²) in [7, 11) is 0. The Balaban J connectivity index is 0. The molecular formula is C7H11BrCl2N2O. The summed E-state index contributed by atoms with van der Waals surface area (Å²) in [6.45, 7) is 0.0297. The molecule has 76 valence electrons. The fraction of sp³-hybridized carbons (Fsp3) is 0.143. The molecule has 0 amide bonds. The average molecular weight is 290 g/mol. The second kappa shape index (κ2) is 7.41. The summed E-state index contributed by atoms with van der Waals surface area (Å²) in [6, 6.07) is 5.44. The third-order valence-corrected chi connectivity index (χ3v) is 2.06. The van der Waals surface area contributed by atoms with Crippen molar-refractivity contribution in [1.29, 1.82) is 0 Å². The van der Waals surface area contributed by atoms with Gasteiger partial charge < -0.3 is 10.5 Å². The molecule has 6 heteroatoms. The standard InChI is InChI=1S/C7H9BrN2O.2ClH/c8-6-2-1-5(4-11)3-7(6)10-9;;/h1-3,10-11H,4,9H2;2*1H. The highest BCUT2D eigenvalue weighted by atomic mass is 79.9. The second-order valence-corrected chi connectivity index (χ2v) is 2.97. The Morgan fingerprint density at radius 1 is 1.38 bits per heavy atom. The van der Waals surface area contributed by atoms with Gasteiger partial charge in [0.15, 0.2) is 0 Å². The molecule has 0 aliphatic heterocycles. The SMILES string of the molecule is Cl.Cl.NNc1cc(CO)ccc1Br. The molecule has 3 nitrogen and oxygen atoms in total. The molecule has 0 fully saturated rings. The first kappa shape index (κ1) is 15.5. The fourth-order valence-electron chi connectivity index (χ4n) is 0.781. The minimum Gasteiger partial charge on any atom is -0.392 e. The van der Waals surface area contributed by atoms with Crippen molar-refractivity contribution in [3.63, 3.8) is 0 Å². The van der Waals surface area contributed by atoms with Crippen molar-refractivity contribution in [2.45, 2.75) is 6.61 Å². The van der Waals surface area contributed by atoms with Crippen LogP contribution in [-0.2, 0) is 6.61 Å². The van der Waals surface area contributed by atoms with E-state index in [1.165, 1.54) is 0 Å². The van der Waals surface area contributed by atoms with Crippen LogP contribution in [0.3, 0.4) is 0 Å². The normalized spacial score (nSPS) is 8.23. The molecule has 1 aromatic rings. The maximum atomic E-state index is 8.76. The van der Waals surface area contributed by atoms with Gasteiger partial charge >= 0.3 is 0 Å². The third kappa shape index (κ3) is 4.15. The number of nitrogens with one attached hydrogen (secondary N) is 1. The number of aliphatic hydroxyl groups is 1. The molecule has 1 rings (SSSR count). The first-order valence-electron chi connectivity index (χ1n) is 3.14. The van der Waals surface area contributed by atoms with Crippen LogP contribution in [0.15, 0.2) is 22.7 Å². The molecule has 0 aliphatic carbocycles. The molecule has 0 unspecified atom stereocenters. The van der Waals surface area contributed by atoms with Crippen molar-refractivity contribution in [1.82, 2.24) is 0 Å². The van der Waals surface area contributed by atoms with Gasteiger partial charge in [0.05, 0.1) is 12.3 Å². The minimum absolute atomic E-state index is 0. The summed E-state index contributed by atoms with van der Waals surface area (Å²) in [4.78, 5) is 0. The van der Waals surface area contributed by atoms with Crippen LogP contribution in [0.1, 0.15) is 5.56 Å². The minimum atomic E-state index is 0. The van der Waals surface area contributed by atoms with Crippen molar-refractivity contribution < 1.29 is 5.11 Å². The molecule has 0 saturated heterocycles. The predicted octanol–water partition coefficient (Wildman–Crippen LogP) is 2.07. The molecule has 0 atom stereocenters. The maximum Gasteiger partial charge on any atom is 0.0682 e. The van der Waals surface area contributed by atoms with Crippen LogP contribution in [0.5, 0.6) is 0 Å². The first-order valence-corrected chi connectivity index (χ1v) is 3.93. The van der Waals surface area contributed by atoms with Gasteiger partial charge in [0.1, 0.15) is 0 Å². The van der Waals surface area contributed by atoms with Gasteiger partial charge in [0, 0.05) is 4.47 Å². The largest absolute Gasteiger partial charge is 0.392 e. The highest BCUT2D eigenvalue weighted by Gasteiger charge is 1.97. The van der Waals surface area contributed by atoms with E-state index in [1.54, 1.807) is 6.07 Å². The highest BCUT2D eigenvalue weighted by molar-refractivity contribution is 9.10. The number of halogens is 3. The van der Waals surface area contributed by atoms with E-state index in [0.29, 0.717) is 0 Å². The zero-order valence-electron chi connectivity index (χ0n) is 6.66. The number of anilines is 1. The van der Waals surface area contributed by atoms with Crippen molar-refractivity contribution in [3.05, 3.63) is 28.2 Å². The lowest BCUT2D eigenvalue weighted by Crippen LogP contribution is -2.07. The van der Waals surface area contributed by atoms with E-state index in [1.807, 2.05) is 12.1 Å². The predicted molar refractivity (Wildman–Crippen MR) is 62.4 cm³/mol. The molecule has 4 N–H and O–H groups in total. The van der Waals surface area contributed by atoms with Gasteiger partial charge in [-0.2, -0.15) is 0 Å². The lowest BCUT2D eigenvalue weighted by atomic mass is 10.2. The summed E-state index contributed by atoms with van der Waals surface area (Å²) < 4.78 is 0.886. The number of aliphatic hydroxyl groups excluding tert-OH is 1. The molecule has 0 aliphatic rings. The van der Waals surface area contributed by atoms with Crippen LogP contribution in [0.25, 0.3) is 0 Å². The molecular weight excluding hydrogens is 279 g/mol. The van der Waals surface area contributed by atoms with Gasteiger partial charge in [-0.15, -0.1) is 24.8 Å². The maximum absolute atomic E-state index is 8.76. The van der Waals surface area contributed by atoms with Crippen LogP contribution < -0.4 is 11.3 Å². The third-order valence-electron chi connectivity index (χ3n) is 1.37. The summed E-state index contributed by atoms with van der Waals surface area (Å²) >= 11 is 3.30. The first-order chi connectivity index (χ1) is 5.27. The summed E-state index contributed by atoms with van der Waals surface area (Å²) in [5, 5.41) is 8.76. The highest BCUT2D eigenvalue weighted by Crippen LogP contribution is 2.22. The number of nitrogens with two attached hydrogens (primary N) is 1. The number of hydrazine groups is 1. The summed E-state index contributed by atoms with van der Waals surface area (Å²) in [5.74, 6) is 5.21. The van der Waals surface area contributed by atoms with Crippen LogP contribution >= 0.6 is 40.7 Å². The van der Waals surface area contributed by atoms with Gasteiger partial charge in [-0.25, -0.2) is 0 Å². The molecule has 0 aromatic heterocycles. The van der Waals surface area contributed by atoms with Crippen molar-refractivity contribution in [3.8, 4) is 0 Å². The van der Waals surface area contributed by atoms with Crippen molar-refractivity contribution in [2.75, 3.05) is 5.43 Å². The zero-order valence-corrected chi connectivity index (χ0v) is 9.88. The molecule has 0 heterocycles. The summed E-state index contributed by atoms with van der Waals surface area (Å²) in [6.07, 6.45) is 0. The van der Waals surface area contributed by atoms with Crippen LogP contribution in [0.4, 0.5) is 5.69 Å². The van der Waals surface area contributed by atoms with Gasteiger partial charge in [-0.3, -0.25) is 5.84 Å². The Morgan fingerprint density at radius 2 is 2.00 bits per heavy atom. The number of hydrogen-bond acceptors (Lipinski definition) is 3. The Morgan fingerprint density at radius 3 is 2.46 bits per heavy atom. The average Bonchev–Trinajstić information content (AvgIpc) is 2.05.